The van der Waals surface area contributed by atoms with Crippen molar-refractivity contribution in [3.8, 4) is 0 Å². The van der Waals surface area contributed by atoms with Crippen molar-refractivity contribution >= 4 is 12.0 Å². The number of rotatable bonds is 2. The van der Waals surface area contributed by atoms with Crippen LogP contribution < -0.4 is 4.90 Å². The Morgan fingerprint density at radius 3 is 2.60 bits per heavy atom. The van der Waals surface area contributed by atoms with Crippen LogP contribution in [-0.4, -0.2) is 17.8 Å². The molecule has 2 heterocycles. The van der Waals surface area contributed by atoms with Crippen molar-refractivity contribution in [2.24, 2.45) is 0 Å². The summed E-state index contributed by atoms with van der Waals surface area (Å²) in [6, 6.07) is 4.75. The van der Waals surface area contributed by atoms with E-state index in [9.17, 15) is 18.0 Å². The Labute approximate surface area is 144 Å². The summed E-state index contributed by atoms with van der Waals surface area (Å²) in [7, 11) is 0. The van der Waals surface area contributed by atoms with Crippen LogP contribution in [0, 0.1) is 6.92 Å². The molecule has 3 rings (SSSR count). The SMILES string of the molecule is Cc1ccncc1N1CC(C)(C)c2ccc(C(F)(F)F)cc2C1C=O. The molecule has 0 spiro atoms. The second kappa shape index (κ2) is 5.86. The molecule has 1 atom stereocenters. The zero-order valence-corrected chi connectivity index (χ0v) is 14.3. The largest absolute Gasteiger partial charge is 0.416 e. The predicted octanol–water partition coefficient (Wildman–Crippen LogP) is 4.45. The molecule has 0 N–H and O–H groups in total. The van der Waals surface area contributed by atoms with E-state index in [-0.39, 0.29) is 0 Å². The van der Waals surface area contributed by atoms with Crippen LogP contribution in [0.25, 0.3) is 0 Å². The molecular weight excluding hydrogens is 329 g/mol. The minimum atomic E-state index is -4.45. The third kappa shape index (κ3) is 3.01. The van der Waals surface area contributed by atoms with Crippen molar-refractivity contribution in [1.29, 1.82) is 0 Å². The number of hydrogen-bond acceptors (Lipinski definition) is 3. The van der Waals surface area contributed by atoms with Crippen LogP contribution in [-0.2, 0) is 16.4 Å². The molecule has 0 fully saturated rings. The molecule has 0 radical (unpaired) electrons. The summed E-state index contributed by atoms with van der Waals surface area (Å²) in [6.45, 7) is 6.35. The van der Waals surface area contributed by atoms with Gasteiger partial charge in [-0.15, -0.1) is 0 Å². The van der Waals surface area contributed by atoms with E-state index in [1.807, 2.05) is 31.7 Å². The summed E-state index contributed by atoms with van der Waals surface area (Å²) in [5.41, 5.74) is 1.73. The van der Waals surface area contributed by atoms with Crippen LogP contribution in [0.1, 0.15) is 42.1 Å². The molecule has 0 bridgehead atoms. The molecule has 6 heteroatoms. The molecule has 25 heavy (non-hydrogen) atoms. The van der Waals surface area contributed by atoms with E-state index >= 15 is 0 Å². The van der Waals surface area contributed by atoms with E-state index in [4.69, 9.17) is 0 Å². The lowest BCUT2D eigenvalue weighted by atomic mass is 9.75. The number of nitrogens with zero attached hydrogens (tertiary/aromatic N) is 2. The maximum atomic E-state index is 13.2. The van der Waals surface area contributed by atoms with Gasteiger partial charge in [-0.05, 0) is 41.8 Å². The fourth-order valence-electron chi connectivity index (χ4n) is 3.52. The van der Waals surface area contributed by atoms with Gasteiger partial charge in [-0.3, -0.25) is 4.98 Å². The summed E-state index contributed by atoms with van der Waals surface area (Å²) in [5.74, 6) is 0. The number of pyridine rings is 1. The monoisotopic (exact) mass is 348 g/mol. The van der Waals surface area contributed by atoms with Crippen molar-refractivity contribution in [2.75, 3.05) is 11.4 Å². The molecule has 1 aliphatic rings. The normalized spacial score (nSPS) is 19.4. The topological polar surface area (TPSA) is 33.2 Å². The van der Waals surface area contributed by atoms with Crippen LogP contribution in [0.3, 0.4) is 0 Å². The highest BCUT2D eigenvalue weighted by Crippen LogP contribution is 2.43. The van der Waals surface area contributed by atoms with E-state index in [2.05, 4.69) is 4.98 Å². The quantitative estimate of drug-likeness (QED) is 0.752. The number of fused-ring (bicyclic) bond motifs is 1. The van der Waals surface area contributed by atoms with Crippen LogP contribution in [0.5, 0.6) is 0 Å². The minimum Gasteiger partial charge on any atom is -0.355 e. The Morgan fingerprint density at radius 1 is 1.28 bits per heavy atom. The smallest absolute Gasteiger partial charge is 0.355 e. The lowest BCUT2D eigenvalue weighted by Crippen LogP contribution is -2.46. The van der Waals surface area contributed by atoms with Gasteiger partial charge in [0.1, 0.15) is 12.3 Å². The fourth-order valence-corrected chi connectivity index (χ4v) is 3.52. The highest BCUT2D eigenvalue weighted by Gasteiger charge is 2.40. The third-order valence-electron chi connectivity index (χ3n) is 4.78. The molecule has 132 valence electrons. The Bertz CT molecular complexity index is 815. The summed E-state index contributed by atoms with van der Waals surface area (Å²) < 4.78 is 39.5. The number of carbonyl (C=O) groups excluding carboxylic acids is 1. The Balaban J connectivity index is 2.19. The van der Waals surface area contributed by atoms with E-state index < -0.39 is 23.2 Å². The average molecular weight is 348 g/mol. The standard InChI is InChI=1S/C19H19F3N2O/c1-12-6-7-23-9-16(12)24-11-18(2,3)15-5-4-13(19(20,21)22)8-14(15)17(24)10-25/h4-10,17H,11H2,1-3H3. The number of benzene rings is 1. The predicted molar refractivity (Wildman–Crippen MR) is 89.6 cm³/mol. The number of hydrogen-bond donors (Lipinski definition) is 0. The van der Waals surface area contributed by atoms with Crippen molar-refractivity contribution in [3.63, 3.8) is 0 Å². The maximum Gasteiger partial charge on any atom is 0.416 e. The fraction of sp³-hybridized carbons (Fsp3) is 0.368. The van der Waals surface area contributed by atoms with Gasteiger partial charge in [0, 0.05) is 18.2 Å². The van der Waals surface area contributed by atoms with Gasteiger partial charge in [0.25, 0.3) is 0 Å². The van der Waals surface area contributed by atoms with Gasteiger partial charge < -0.3 is 9.69 Å². The second-order valence-corrected chi connectivity index (χ2v) is 7.05. The number of aldehydes is 1. The number of halogens is 3. The summed E-state index contributed by atoms with van der Waals surface area (Å²) in [6.07, 6.45) is -0.431. The third-order valence-corrected chi connectivity index (χ3v) is 4.78. The van der Waals surface area contributed by atoms with Crippen molar-refractivity contribution in [3.05, 3.63) is 58.9 Å². The number of aryl methyl sites for hydroxylation is 1. The lowest BCUT2D eigenvalue weighted by Gasteiger charge is -2.45. The molecular formula is C19H19F3N2O. The molecule has 1 aliphatic heterocycles. The Morgan fingerprint density at radius 2 is 2.00 bits per heavy atom. The van der Waals surface area contributed by atoms with E-state index in [1.165, 1.54) is 6.07 Å². The van der Waals surface area contributed by atoms with Gasteiger partial charge in [-0.2, -0.15) is 13.2 Å². The number of anilines is 1. The first kappa shape index (κ1) is 17.5. The molecule has 2 aromatic rings. The van der Waals surface area contributed by atoms with Gasteiger partial charge >= 0.3 is 6.18 Å². The number of alkyl halides is 3. The number of carbonyl (C=O) groups is 1. The van der Waals surface area contributed by atoms with Crippen LogP contribution in [0.15, 0.2) is 36.7 Å². The van der Waals surface area contributed by atoms with Crippen LogP contribution in [0.2, 0.25) is 0 Å². The van der Waals surface area contributed by atoms with E-state index in [0.29, 0.717) is 18.4 Å². The number of aromatic nitrogens is 1. The first-order chi connectivity index (χ1) is 11.6. The van der Waals surface area contributed by atoms with Gasteiger partial charge in [0.2, 0.25) is 0 Å². The van der Waals surface area contributed by atoms with E-state index in [1.54, 1.807) is 12.4 Å². The van der Waals surface area contributed by atoms with Crippen molar-refractivity contribution in [1.82, 2.24) is 4.98 Å². The molecule has 0 saturated heterocycles. The molecule has 1 unspecified atom stereocenters. The van der Waals surface area contributed by atoms with Crippen LogP contribution >= 0.6 is 0 Å². The van der Waals surface area contributed by atoms with E-state index in [0.717, 1.165) is 28.9 Å². The van der Waals surface area contributed by atoms with Crippen molar-refractivity contribution in [2.45, 2.75) is 38.4 Å². The Kier molecular flexibility index (Phi) is 4.09. The highest BCUT2D eigenvalue weighted by molar-refractivity contribution is 5.73. The van der Waals surface area contributed by atoms with Gasteiger partial charge in [0.05, 0.1) is 17.4 Å². The molecule has 1 aromatic heterocycles. The summed E-state index contributed by atoms with van der Waals surface area (Å²) >= 11 is 0. The average Bonchev–Trinajstić information content (AvgIpc) is 2.53. The van der Waals surface area contributed by atoms with Gasteiger partial charge in [-0.1, -0.05) is 19.9 Å². The second-order valence-electron chi connectivity index (χ2n) is 7.05. The molecule has 0 amide bonds. The van der Waals surface area contributed by atoms with Crippen molar-refractivity contribution < 1.29 is 18.0 Å². The van der Waals surface area contributed by atoms with Crippen LogP contribution in [0.4, 0.5) is 18.9 Å². The zero-order chi connectivity index (χ0) is 18.4. The first-order valence-corrected chi connectivity index (χ1v) is 7.99. The minimum absolute atomic E-state index is 0.402. The Hall–Kier alpha value is -2.37. The lowest BCUT2D eigenvalue weighted by molar-refractivity contribution is -0.137. The molecule has 0 saturated carbocycles. The molecule has 1 aromatic carbocycles. The molecule has 0 aliphatic carbocycles. The van der Waals surface area contributed by atoms with Gasteiger partial charge in [-0.25, -0.2) is 0 Å². The molecule has 3 nitrogen and oxygen atoms in total. The first-order valence-electron chi connectivity index (χ1n) is 7.99. The highest BCUT2D eigenvalue weighted by atomic mass is 19.4. The summed E-state index contributed by atoms with van der Waals surface area (Å²) in [5, 5.41) is 0. The maximum absolute atomic E-state index is 13.2. The summed E-state index contributed by atoms with van der Waals surface area (Å²) in [4.78, 5) is 17.8. The van der Waals surface area contributed by atoms with Gasteiger partial charge in [0.15, 0.2) is 0 Å². The zero-order valence-electron chi connectivity index (χ0n) is 14.3.